The van der Waals surface area contributed by atoms with Gasteiger partial charge in [0, 0.05) is 29.5 Å². The topological polar surface area (TPSA) is 92.6 Å². The van der Waals surface area contributed by atoms with Crippen molar-refractivity contribution in [3.05, 3.63) is 39.4 Å². The minimum absolute atomic E-state index is 0.0811. The molecular weight excluding hydrogens is 330 g/mol. The second-order valence-electron chi connectivity index (χ2n) is 6.24. The van der Waals surface area contributed by atoms with Crippen molar-refractivity contribution in [2.45, 2.75) is 25.8 Å². The lowest BCUT2D eigenvalue weighted by Crippen LogP contribution is -2.47. The van der Waals surface area contributed by atoms with Crippen molar-refractivity contribution >= 4 is 29.3 Å². The normalized spacial score (nSPS) is 20.0. The van der Waals surface area contributed by atoms with E-state index in [4.69, 9.17) is 0 Å². The van der Waals surface area contributed by atoms with Gasteiger partial charge in [-0.3, -0.25) is 19.7 Å². The van der Waals surface area contributed by atoms with Crippen molar-refractivity contribution in [3.8, 4) is 0 Å². The zero-order chi connectivity index (χ0) is 17.3. The molecule has 8 heteroatoms. The Bertz CT molecular complexity index is 690. The molecule has 2 amide bonds. The SMILES string of the molecule is Cc1ccc(C(=O)N2CSCC2C(=O)NCC2CC2)cc1[N+](=O)[O-]. The second kappa shape index (κ2) is 6.80. The maximum atomic E-state index is 12.7. The van der Waals surface area contributed by atoms with Gasteiger partial charge < -0.3 is 10.2 Å². The van der Waals surface area contributed by atoms with Crippen LogP contribution in [0.2, 0.25) is 0 Å². The van der Waals surface area contributed by atoms with E-state index >= 15 is 0 Å². The number of rotatable bonds is 5. The summed E-state index contributed by atoms with van der Waals surface area (Å²) in [7, 11) is 0. The van der Waals surface area contributed by atoms with Crippen LogP contribution in [0.15, 0.2) is 18.2 Å². The van der Waals surface area contributed by atoms with E-state index in [9.17, 15) is 19.7 Å². The van der Waals surface area contributed by atoms with Gasteiger partial charge in [-0.1, -0.05) is 6.07 Å². The van der Waals surface area contributed by atoms with Gasteiger partial charge in [0.1, 0.15) is 6.04 Å². The quantitative estimate of drug-likeness (QED) is 0.648. The highest BCUT2D eigenvalue weighted by Gasteiger charge is 2.36. The number of carbonyl (C=O) groups is 2. The van der Waals surface area contributed by atoms with Gasteiger partial charge in [-0.05, 0) is 31.7 Å². The summed E-state index contributed by atoms with van der Waals surface area (Å²) in [6.45, 7) is 2.30. The van der Waals surface area contributed by atoms with Crippen LogP contribution in [-0.4, -0.2) is 45.9 Å². The molecule has 1 aliphatic heterocycles. The number of hydrogen-bond donors (Lipinski definition) is 1. The molecule has 3 rings (SSSR count). The Labute approximate surface area is 143 Å². The van der Waals surface area contributed by atoms with Gasteiger partial charge in [-0.15, -0.1) is 11.8 Å². The fourth-order valence-corrected chi connectivity index (χ4v) is 3.80. The summed E-state index contributed by atoms with van der Waals surface area (Å²) in [6, 6.07) is 3.92. The Kier molecular flexibility index (Phi) is 4.75. The minimum atomic E-state index is -0.512. The highest BCUT2D eigenvalue weighted by atomic mass is 32.2. The van der Waals surface area contributed by atoms with Crippen molar-refractivity contribution in [1.82, 2.24) is 10.2 Å². The number of nitrogens with one attached hydrogen (secondary N) is 1. The molecule has 1 saturated carbocycles. The molecule has 1 unspecified atom stereocenters. The fraction of sp³-hybridized carbons (Fsp3) is 0.500. The fourth-order valence-electron chi connectivity index (χ4n) is 2.65. The van der Waals surface area contributed by atoms with Crippen LogP contribution < -0.4 is 5.32 Å². The number of benzene rings is 1. The number of nitrogens with zero attached hydrogens (tertiary/aromatic N) is 2. The number of aryl methyl sites for hydroxylation is 1. The number of nitro benzene ring substituents is 1. The Hall–Kier alpha value is -2.09. The van der Waals surface area contributed by atoms with E-state index in [-0.39, 0.29) is 23.1 Å². The Balaban J connectivity index is 1.74. The first-order valence-corrected chi connectivity index (χ1v) is 9.04. The van der Waals surface area contributed by atoms with Crippen LogP contribution in [-0.2, 0) is 4.79 Å². The Morgan fingerprint density at radius 3 is 2.83 bits per heavy atom. The molecule has 1 N–H and O–H groups in total. The third kappa shape index (κ3) is 3.53. The first-order valence-electron chi connectivity index (χ1n) is 7.89. The van der Waals surface area contributed by atoms with Gasteiger partial charge in [0.25, 0.3) is 11.6 Å². The van der Waals surface area contributed by atoms with Gasteiger partial charge in [0.2, 0.25) is 5.91 Å². The summed E-state index contributed by atoms with van der Waals surface area (Å²) in [5.74, 6) is 1.07. The predicted molar refractivity (Wildman–Crippen MR) is 90.8 cm³/mol. The predicted octanol–water partition coefficient (Wildman–Crippen LogP) is 1.94. The summed E-state index contributed by atoms with van der Waals surface area (Å²) in [5.41, 5.74) is 0.670. The molecule has 7 nitrogen and oxygen atoms in total. The number of amides is 2. The second-order valence-corrected chi connectivity index (χ2v) is 7.24. The maximum absolute atomic E-state index is 12.7. The van der Waals surface area contributed by atoms with Crippen LogP contribution in [0.1, 0.15) is 28.8 Å². The molecule has 2 fully saturated rings. The Morgan fingerprint density at radius 2 is 2.17 bits per heavy atom. The molecule has 1 aromatic rings. The molecule has 1 aliphatic carbocycles. The lowest BCUT2D eigenvalue weighted by atomic mass is 10.1. The summed E-state index contributed by atoms with van der Waals surface area (Å²) in [5, 5.41) is 14.0. The van der Waals surface area contributed by atoms with Crippen LogP contribution >= 0.6 is 11.8 Å². The molecule has 0 radical (unpaired) electrons. The van der Waals surface area contributed by atoms with E-state index in [1.54, 1.807) is 19.1 Å². The Morgan fingerprint density at radius 1 is 1.42 bits per heavy atom. The molecular formula is C16H19N3O4S. The zero-order valence-corrected chi connectivity index (χ0v) is 14.2. The minimum Gasteiger partial charge on any atom is -0.354 e. The van der Waals surface area contributed by atoms with Gasteiger partial charge in [0.15, 0.2) is 0 Å². The zero-order valence-electron chi connectivity index (χ0n) is 13.4. The molecule has 24 heavy (non-hydrogen) atoms. The van der Waals surface area contributed by atoms with E-state index in [0.717, 1.165) is 12.8 Å². The summed E-state index contributed by atoms with van der Waals surface area (Å²) in [4.78, 5) is 37.1. The van der Waals surface area contributed by atoms with Crippen molar-refractivity contribution in [2.75, 3.05) is 18.2 Å². The van der Waals surface area contributed by atoms with Crippen molar-refractivity contribution in [3.63, 3.8) is 0 Å². The number of thioether (sulfide) groups is 1. The van der Waals surface area contributed by atoms with Crippen LogP contribution in [0.5, 0.6) is 0 Å². The number of nitro groups is 1. The van der Waals surface area contributed by atoms with Crippen LogP contribution in [0.25, 0.3) is 0 Å². The van der Waals surface area contributed by atoms with Crippen molar-refractivity contribution in [2.24, 2.45) is 5.92 Å². The highest BCUT2D eigenvalue weighted by Crippen LogP contribution is 2.29. The van der Waals surface area contributed by atoms with E-state index in [2.05, 4.69) is 5.32 Å². The largest absolute Gasteiger partial charge is 0.354 e. The molecule has 128 valence electrons. The smallest absolute Gasteiger partial charge is 0.273 e. The number of hydrogen-bond acceptors (Lipinski definition) is 5. The molecule has 0 bridgehead atoms. The number of carbonyl (C=O) groups excluding carboxylic acids is 2. The van der Waals surface area contributed by atoms with Crippen molar-refractivity contribution in [1.29, 1.82) is 0 Å². The van der Waals surface area contributed by atoms with Crippen LogP contribution in [0.3, 0.4) is 0 Å². The molecule has 2 aliphatic rings. The van der Waals surface area contributed by atoms with E-state index in [1.165, 1.54) is 22.7 Å². The standard InChI is InChI=1S/C16H19N3O4S/c1-10-2-5-12(6-13(10)19(22)23)16(21)18-9-24-8-14(18)15(20)17-7-11-3-4-11/h2,5-6,11,14H,3-4,7-9H2,1H3,(H,17,20). The van der Waals surface area contributed by atoms with Crippen LogP contribution in [0.4, 0.5) is 5.69 Å². The molecule has 1 aromatic carbocycles. The molecule has 0 aromatic heterocycles. The first-order chi connectivity index (χ1) is 11.5. The van der Waals surface area contributed by atoms with Crippen molar-refractivity contribution < 1.29 is 14.5 Å². The average Bonchev–Trinajstić information content (AvgIpc) is 3.26. The van der Waals surface area contributed by atoms with E-state index in [1.807, 2.05) is 0 Å². The summed E-state index contributed by atoms with van der Waals surface area (Å²) >= 11 is 1.52. The van der Waals surface area contributed by atoms with E-state index in [0.29, 0.717) is 29.7 Å². The molecule has 0 spiro atoms. The maximum Gasteiger partial charge on any atom is 0.273 e. The molecule has 1 heterocycles. The van der Waals surface area contributed by atoms with Gasteiger partial charge in [-0.2, -0.15) is 0 Å². The monoisotopic (exact) mass is 349 g/mol. The van der Waals surface area contributed by atoms with Gasteiger partial charge in [0.05, 0.1) is 10.8 Å². The third-order valence-electron chi connectivity index (χ3n) is 4.36. The first kappa shape index (κ1) is 16.8. The van der Waals surface area contributed by atoms with E-state index < -0.39 is 11.0 Å². The van der Waals surface area contributed by atoms with Gasteiger partial charge >= 0.3 is 0 Å². The molecule has 1 saturated heterocycles. The molecule has 1 atom stereocenters. The summed E-state index contributed by atoms with van der Waals surface area (Å²) < 4.78 is 0. The third-order valence-corrected chi connectivity index (χ3v) is 5.37. The van der Waals surface area contributed by atoms with Crippen LogP contribution in [0, 0.1) is 23.0 Å². The lowest BCUT2D eigenvalue weighted by molar-refractivity contribution is -0.385. The van der Waals surface area contributed by atoms with Gasteiger partial charge in [-0.25, -0.2) is 0 Å². The average molecular weight is 349 g/mol. The summed E-state index contributed by atoms with van der Waals surface area (Å²) in [6.07, 6.45) is 2.30. The highest BCUT2D eigenvalue weighted by molar-refractivity contribution is 7.99. The lowest BCUT2D eigenvalue weighted by Gasteiger charge is -2.23.